The number of hydrogen-bond donors (Lipinski definition) is 1. The Labute approximate surface area is 721 Å². The molecule has 666 valence electrons. The normalized spacial score (nSPS) is 11.1. The number of benzene rings is 8. The van der Waals surface area contributed by atoms with E-state index in [1.54, 1.807) is 55.5 Å². The predicted octanol–water partition coefficient (Wildman–Crippen LogP) is 34.9. The number of alkyl halides is 9. The fourth-order valence-electron chi connectivity index (χ4n) is 11.4. The Hall–Kier alpha value is -9.01. The van der Waals surface area contributed by atoms with Crippen molar-refractivity contribution in [3.05, 3.63) is 331 Å². The molecule has 0 radical (unpaired) electrons. The number of halogens is 9. The molecule has 0 aliphatic rings. The number of aliphatic hydroxyl groups excluding tert-OH is 1. The summed E-state index contributed by atoms with van der Waals surface area (Å²) in [6.45, 7) is 53.3. The minimum Gasteiger partial charge on any atom is -0.491 e. The van der Waals surface area contributed by atoms with Crippen LogP contribution in [-0.4, -0.2) is 34.4 Å². The van der Waals surface area contributed by atoms with Gasteiger partial charge in [-0.1, -0.05) is 337 Å². The van der Waals surface area contributed by atoms with Gasteiger partial charge < -0.3 is 14.6 Å². The Balaban J connectivity index is -0.00000127. The maximum absolute atomic E-state index is 13.1. The fourth-order valence-corrected chi connectivity index (χ4v) is 11.4. The second-order valence-corrected chi connectivity index (χ2v) is 32.2. The van der Waals surface area contributed by atoms with Crippen LogP contribution in [0.1, 0.15) is 372 Å². The first-order chi connectivity index (χ1) is 54.9. The van der Waals surface area contributed by atoms with Gasteiger partial charge in [0.05, 0.1) is 6.10 Å². The molecule has 120 heavy (non-hydrogen) atoms. The van der Waals surface area contributed by atoms with Gasteiger partial charge >= 0.3 is 6.61 Å². The number of aliphatic hydroxyl groups is 1. The molecule has 0 saturated heterocycles. The highest BCUT2D eigenvalue weighted by atomic mass is 19.3. The molecule has 0 aliphatic carbocycles. The van der Waals surface area contributed by atoms with Crippen LogP contribution in [0.5, 0.6) is 11.5 Å². The molecule has 2 heterocycles. The molecule has 0 amide bonds. The van der Waals surface area contributed by atoms with Crippen molar-refractivity contribution in [1.82, 2.24) is 9.97 Å². The van der Waals surface area contributed by atoms with Crippen molar-refractivity contribution >= 4 is 0 Å². The SMILES string of the molecule is C.C.C.CC(C)c1ccc(C(F)F)cc1.CC(C)c1cccc(C(F)F)c1.CC(C)c1cccc(OC(F)F)c1.CC(C)c1ccccc1C(C)F.CCC(O)COc1ccc(C(C)C)c(C(F)F)c1.Cc1cc(C(C)C)ccn1.Cc1ccc(C(C)C)cn1.Cc1cccc(C(C)C)c1.Cc1ccccc1C(C)C.Cc1ccccc1C(C)C. The van der Waals surface area contributed by atoms with E-state index in [1.807, 2.05) is 125 Å². The number of nitrogens with zero attached hydrogens (tertiary/aromatic N) is 2. The van der Waals surface area contributed by atoms with Crippen LogP contribution >= 0.6 is 0 Å². The van der Waals surface area contributed by atoms with Crippen LogP contribution in [0.25, 0.3) is 0 Å². The van der Waals surface area contributed by atoms with Gasteiger partial charge in [0.1, 0.15) is 24.3 Å². The number of ether oxygens (including phenoxy) is 2. The minimum atomic E-state index is -2.75. The van der Waals surface area contributed by atoms with Crippen LogP contribution in [0.4, 0.5) is 39.5 Å². The minimum absolute atomic E-state index is 0. The van der Waals surface area contributed by atoms with Crippen LogP contribution in [0.2, 0.25) is 0 Å². The van der Waals surface area contributed by atoms with Gasteiger partial charge in [-0.15, -0.1) is 0 Å². The average molecular weight is 1670 g/mol. The third-order valence-corrected chi connectivity index (χ3v) is 18.8. The summed E-state index contributed by atoms with van der Waals surface area (Å²) >= 11 is 0. The van der Waals surface area contributed by atoms with Gasteiger partial charge in [-0.2, -0.15) is 8.78 Å². The van der Waals surface area contributed by atoms with Gasteiger partial charge in [-0.25, -0.2) is 30.7 Å². The number of rotatable bonds is 20. The van der Waals surface area contributed by atoms with Gasteiger partial charge in [0, 0.05) is 40.5 Å². The quantitative estimate of drug-likeness (QED) is 0.0771. The largest absolute Gasteiger partial charge is 0.491 e. The Morgan fingerprint density at radius 3 is 1.05 bits per heavy atom. The third kappa shape index (κ3) is 47.3. The molecule has 14 heteroatoms. The monoisotopic (exact) mass is 1670 g/mol. The maximum Gasteiger partial charge on any atom is 0.387 e. The Morgan fingerprint density at radius 2 is 0.692 bits per heavy atom. The van der Waals surface area contributed by atoms with Crippen molar-refractivity contribution in [2.24, 2.45) is 0 Å². The standard InChI is InChI=1S/C14H20F2O2.C11H15F.C10H12F2O.2C10H12F2.3C10H14.2C9H13N.3CH4/c1-4-10(17)8-18-11-5-6-12(9(2)3)13(7-11)14(15)16;1-8(2)10-6-4-5-7-11(10)9(3)12;1-7(2)8-4-3-5-9(6-8)13-10(11)12;1-7(2)8-3-5-9(6-4-8)10(11)12;1-7(2)8-4-3-5-9(6-8)10(11)12;1-8(2)10-6-4-5-9(3)7-10;2*1-8(2)10-7-5-4-6-9(10)3;1-7(2)9-4-5-10-8(3)6-9;1-7(2)9-5-4-8(3)10-6-9;;;/h5-7,9-10,14,17H,4,8H2,1-3H3;4-9H,1-3H3;3-7,10H,1-2H3;2*3-7,10H,1-2H3;3*4-8H,1-3H3;2*4-7H,1-3H3;3*1H4. The lowest BCUT2D eigenvalue weighted by atomic mass is 9.95. The summed E-state index contributed by atoms with van der Waals surface area (Å²) in [5.41, 5.74) is 19.2. The molecule has 2 aromatic heterocycles. The molecule has 0 fully saturated rings. The average Bonchev–Trinajstić information content (AvgIpc) is 0.834. The Kier molecular flexibility index (Phi) is 59.6. The zero-order valence-electron chi connectivity index (χ0n) is 75.1. The lowest BCUT2D eigenvalue weighted by Crippen LogP contribution is -2.16. The third-order valence-electron chi connectivity index (χ3n) is 18.8. The van der Waals surface area contributed by atoms with Crippen molar-refractivity contribution in [2.75, 3.05) is 6.61 Å². The van der Waals surface area contributed by atoms with E-state index >= 15 is 0 Å². The Bertz CT molecular complexity index is 4090. The van der Waals surface area contributed by atoms with Crippen molar-refractivity contribution in [1.29, 1.82) is 0 Å². The van der Waals surface area contributed by atoms with E-state index in [9.17, 15) is 44.6 Å². The van der Waals surface area contributed by atoms with Crippen LogP contribution in [-0.2, 0) is 0 Å². The molecular weight excluding hydrogens is 1520 g/mol. The predicted molar refractivity (Wildman–Crippen MR) is 498 cm³/mol. The van der Waals surface area contributed by atoms with E-state index < -0.39 is 38.2 Å². The van der Waals surface area contributed by atoms with E-state index in [1.165, 1.54) is 74.8 Å². The molecule has 0 aliphatic heterocycles. The van der Waals surface area contributed by atoms with E-state index in [-0.39, 0.29) is 57.2 Å². The molecular formula is C106H151F9N2O3. The highest BCUT2D eigenvalue weighted by Gasteiger charge is 2.18. The fraction of sp³-hybridized carbons (Fsp3) is 0.453. The van der Waals surface area contributed by atoms with Gasteiger partial charge in [0.15, 0.2) is 0 Å². The maximum atomic E-state index is 13.1. The number of aryl methyl sites for hydroxylation is 5. The van der Waals surface area contributed by atoms with E-state index in [4.69, 9.17) is 4.74 Å². The zero-order chi connectivity index (χ0) is 88.8. The highest BCUT2D eigenvalue weighted by molar-refractivity contribution is 5.39. The van der Waals surface area contributed by atoms with E-state index in [2.05, 4.69) is 216 Å². The molecule has 2 unspecified atom stereocenters. The lowest BCUT2D eigenvalue weighted by Gasteiger charge is -2.15. The van der Waals surface area contributed by atoms with Gasteiger partial charge in [0.25, 0.3) is 19.3 Å². The molecule has 0 spiro atoms. The van der Waals surface area contributed by atoms with Crippen LogP contribution < -0.4 is 9.47 Å². The first-order valence-electron chi connectivity index (χ1n) is 41.2. The zero-order valence-corrected chi connectivity index (χ0v) is 75.1. The van der Waals surface area contributed by atoms with Crippen molar-refractivity contribution in [3.63, 3.8) is 0 Å². The molecule has 0 saturated carbocycles. The van der Waals surface area contributed by atoms with Crippen molar-refractivity contribution in [3.8, 4) is 11.5 Å². The van der Waals surface area contributed by atoms with Crippen LogP contribution in [0, 0.1) is 34.6 Å². The molecule has 10 rings (SSSR count). The second kappa shape index (κ2) is 62.2. The first kappa shape index (κ1) is 115. The topological polar surface area (TPSA) is 64.5 Å². The van der Waals surface area contributed by atoms with Crippen molar-refractivity contribution < 1.29 is 54.1 Å². The second-order valence-electron chi connectivity index (χ2n) is 32.2. The Morgan fingerprint density at radius 1 is 0.300 bits per heavy atom. The number of hydrogen-bond acceptors (Lipinski definition) is 5. The van der Waals surface area contributed by atoms with Gasteiger partial charge in [-0.3, -0.25) is 9.97 Å². The molecule has 10 aromatic rings. The van der Waals surface area contributed by atoms with Crippen LogP contribution in [0.3, 0.4) is 0 Å². The van der Waals surface area contributed by atoms with E-state index in [0.717, 1.165) is 39.2 Å². The summed E-state index contributed by atoms with van der Waals surface area (Å²) in [7, 11) is 0. The van der Waals surface area contributed by atoms with Crippen molar-refractivity contribution in [2.45, 2.75) is 313 Å². The smallest absolute Gasteiger partial charge is 0.387 e. The lowest BCUT2D eigenvalue weighted by molar-refractivity contribution is -0.0499. The summed E-state index contributed by atoms with van der Waals surface area (Å²) in [5.74, 6) is 5.24. The molecule has 8 aromatic carbocycles. The molecule has 2 atom stereocenters. The van der Waals surface area contributed by atoms with Gasteiger partial charge in [-0.05, 0) is 228 Å². The molecule has 0 bridgehead atoms. The summed E-state index contributed by atoms with van der Waals surface area (Å²) in [5, 5.41) is 9.37. The summed E-state index contributed by atoms with van der Waals surface area (Å²) < 4.78 is 121. The van der Waals surface area contributed by atoms with E-state index in [0.29, 0.717) is 71.0 Å². The summed E-state index contributed by atoms with van der Waals surface area (Å²) in [6.07, 6.45) is -4.26. The first-order valence-corrected chi connectivity index (χ1v) is 41.2. The molecule has 1 N–H and O–H groups in total. The molecule has 5 nitrogen and oxygen atoms in total. The summed E-state index contributed by atoms with van der Waals surface area (Å²) in [6, 6.07) is 66.4. The number of pyridine rings is 2. The summed E-state index contributed by atoms with van der Waals surface area (Å²) in [4.78, 5) is 8.32. The van der Waals surface area contributed by atoms with Crippen LogP contribution in [0.15, 0.2) is 225 Å². The van der Waals surface area contributed by atoms with Gasteiger partial charge in [0.2, 0.25) is 0 Å². The highest BCUT2D eigenvalue weighted by Crippen LogP contribution is 2.33. The number of aromatic nitrogens is 2.